The summed E-state index contributed by atoms with van der Waals surface area (Å²) < 4.78 is 11.0. The third kappa shape index (κ3) is 3.92. The van der Waals surface area contributed by atoms with Gasteiger partial charge in [-0.1, -0.05) is 20.8 Å². The van der Waals surface area contributed by atoms with Gasteiger partial charge in [0.25, 0.3) is 0 Å². The molecule has 0 aromatic carbocycles. The highest BCUT2D eigenvalue weighted by Gasteiger charge is 2.36. The molecule has 0 aliphatic carbocycles. The first-order valence-electron chi connectivity index (χ1n) is 6.96. The third-order valence-corrected chi connectivity index (χ3v) is 4.21. The van der Waals surface area contributed by atoms with E-state index >= 15 is 0 Å². The Morgan fingerprint density at radius 2 is 1.72 bits per heavy atom. The molecule has 0 saturated carbocycles. The van der Waals surface area contributed by atoms with Crippen molar-refractivity contribution in [1.29, 1.82) is 0 Å². The molecular weight excluding hydrogens is 228 g/mol. The van der Waals surface area contributed by atoms with Crippen molar-refractivity contribution >= 4 is 0 Å². The summed E-state index contributed by atoms with van der Waals surface area (Å²) in [6, 6.07) is 0.505. The van der Waals surface area contributed by atoms with Crippen molar-refractivity contribution in [2.45, 2.75) is 45.9 Å². The fourth-order valence-electron chi connectivity index (χ4n) is 2.70. The number of likely N-dealkylation sites (tertiary alicyclic amines) is 1. The van der Waals surface area contributed by atoms with Crippen LogP contribution in [0.3, 0.4) is 0 Å². The minimum Gasteiger partial charge on any atom is -0.377 e. The number of ether oxygens (including phenoxy) is 2. The molecule has 1 saturated heterocycles. The van der Waals surface area contributed by atoms with E-state index < -0.39 is 0 Å². The van der Waals surface area contributed by atoms with Crippen LogP contribution in [0.1, 0.15) is 27.7 Å². The van der Waals surface area contributed by atoms with Crippen LogP contribution in [0, 0.1) is 5.41 Å². The Bertz CT molecular complexity index is 234. The van der Waals surface area contributed by atoms with E-state index in [9.17, 15) is 0 Å². The van der Waals surface area contributed by atoms with Crippen molar-refractivity contribution in [3.63, 3.8) is 0 Å². The molecule has 18 heavy (non-hydrogen) atoms. The minimum atomic E-state index is 0.209. The van der Waals surface area contributed by atoms with E-state index in [0.717, 1.165) is 26.2 Å². The van der Waals surface area contributed by atoms with Crippen LogP contribution < -0.4 is 5.32 Å². The van der Waals surface area contributed by atoms with E-state index in [-0.39, 0.29) is 17.6 Å². The van der Waals surface area contributed by atoms with Crippen molar-refractivity contribution in [2.24, 2.45) is 5.41 Å². The Morgan fingerprint density at radius 1 is 1.22 bits per heavy atom. The first-order chi connectivity index (χ1) is 8.44. The molecular formula is C14H30N2O2. The molecule has 1 aliphatic heterocycles. The number of hydrogen-bond acceptors (Lipinski definition) is 4. The normalized spacial score (nSPS) is 27.7. The summed E-state index contributed by atoms with van der Waals surface area (Å²) in [4.78, 5) is 2.45. The number of rotatable bonds is 7. The maximum Gasteiger partial charge on any atom is 0.0971 e. The standard InChI is InChI=1S/C14H30N2O2/c1-7-15-11(2)14(3,4)10-16-8-12(17-5)13(9-16)18-6/h11-13,15H,7-10H2,1-6H3. The maximum absolute atomic E-state index is 5.49. The van der Waals surface area contributed by atoms with Gasteiger partial charge in [-0.25, -0.2) is 0 Å². The molecule has 0 aromatic heterocycles. The maximum atomic E-state index is 5.49. The highest BCUT2D eigenvalue weighted by molar-refractivity contribution is 4.91. The molecule has 1 heterocycles. The summed E-state index contributed by atoms with van der Waals surface area (Å²) in [6.45, 7) is 13.1. The van der Waals surface area contributed by atoms with Crippen molar-refractivity contribution < 1.29 is 9.47 Å². The topological polar surface area (TPSA) is 33.7 Å². The minimum absolute atomic E-state index is 0.209. The highest BCUT2D eigenvalue weighted by Crippen LogP contribution is 2.25. The second-order valence-electron chi connectivity index (χ2n) is 6.01. The Kier molecular flexibility index (Phi) is 6.05. The molecule has 0 radical (unpaired) electrons. The Labute approximate surface area is 112 Å². The van der Waals surface area contributed by atoms with Gasteiger partial charge in [0.2, 0.25) is 0 Å². The molecule has 3 atom stereocenters. The van der Waals surface area contributed by atoms with Gasteiger partial charge in [-0.2, -0.15) is 0 Å². The zero-order valence-corrected chi connectivity index (χ0v) is 12.8. The van der Waals surface area contributed by atoms with Crippen LogP contribution in [0.25, 0.3) is 0 Å². The average molecular weight is 258 g/mol. The van der Waals surface area contributed by atoms with Gasteiger partial charge in [0, 0.05) is 39.9 Å². The molecule has 3 unspecified atom stereocenters. The molecule has 1 N–H and O–H groups in total. The Morgan fingerprint density at radius 3 is 2.11 bits per heavy atom. The van der Waals surface area contributed by atoms with E-state index in [2.05, 4.69) is 37.9 Å². The van der Waals surface area contributed by atoms with Crippen molar-refractivity contribution in [3.8, 4) is 0 Å². The van der Waals surface area contributed by atoms with Crippen LogP contribution in [-0.2, 0) is 9.47 Å². The molecule has 0 spiro atoms. The van der Waals surface area contributed by atoms with Crippen LogP contribution in [0.2, 0.25) is 0 Å². The van der Waals surface area contributed by atoms with Crippen LogP contribution in [0.4, 0.5) is 0 Å². The van der Waals surface area contributed by atoms with E-state index in [1.165, 1.54) is 0 Å². The smallest absolute Gasteiger partial charge is 0.0971 e. The number of methoxy groups -OCH3 is 2. The largest absolute Gasteiger partial charge is 0.377 e. The van der Waals surface area contributed by atoms with Gasteiger partial charge in [-0.3, -0.25) is 4.90 Å². The molecule has 1 aliphatic rings. The summed E-state index contributed by atoms with van der Waals surface area (Å²) in [7, 11) is 3.54. The predicted molar refractivity (Wildman–Crippen MR) is 75.0 cm³/mol. The lowest BCUT2D eigenvalue weighted by atomic mass is 9.85. The van der Waals surface area contributed by atoms with E-state index in [4.69, 9.17) is 9.47 Å². The van der Waals surface area contributed by atoms with Gasteiger partial charge >= 0.3 is 0 Å². The SMILES string of the molecule is CCNC(C)C(C)(C)CN1CC(OC)C(OC)C1. The molecule has 108 valence electrons. The summed E-state index contributed by atoms with van der Waals surface area (Å²) in [6.07, 6.45) is 0.417. The van der Waals surface area contributed by atoms with Crippen LogP contribution >= 0.6 is 0 Å². The Hall–Kier alpha value is -0.160. The van der Waals surface area contributed by atoms with E-state index in [1.54, 1.807) is 14.2 Å². The summed E-state index contributed by atoms with van der Waals surface area (Å²) in [5, 5.41) is 3.52. The molecule has 0 bridgehead atoms. The number of hydrogen-bond donors (Lipinski definition) is 1. The van der Waals surface area contributed by atoms with E-state index in [0.29, 0.717) is 6.04 Å². The quantitative estimate of drug-likeness (QED) is 0.747. The van der Waals surface area contributed by atoms with Gasteiger partial charge < -0.3 is 14.8 Å². The molecule has 4 heteroatoms. The van der Waals surface area contributed by atoms with Crippen LogP contribution in [0.15, 0.2) is 0 Å². The molecule has 0 aromatic rings. The fourth-order valence-corrected chi connectivity index (χ4v) is 2.70. The fraction of sp³-hybridized carbons (Fsp3) is 1.00. The van der Waals surface area contributed by atoms with Gasteiger partial charge in [-0.15, -0.1) is 0 Å². The number of nitrogens with one attached hydrogen (secondary N) is 1. The number of nitrogens with zero attached hydrogens (tertiary/aromatic N) is 1. The van der Waals surface area contributed by atoms with E-state index in [1.807, 2.05) is 0 Å². The molecule has 4 nitrogen and oxygen atoms in total. The second-order valence-corrected chi connectivity index (χ2v) is 6.01. The van der Waals surface area contributed by atoms with Crippen molar-refractivity contribution in [2.75, 3.05) is 40.4 Å². The highest BCUT2D eigenvalue weighted by atomic mass is 16.5. The molecule has 1 rings (SSSR count). The van der Waals surface area contributed by atoms with Crippen LogP contribution in [-0.4, -0.2) is 63.5 Å². The lowest BCUT2D eigenvalue weighted by molar-refractivity contribution is -0.00461. The first kappa shape index (κ1) is 15.9. The van der Waals surface area contributed by atoms with Gasteiger partial charge in [0.1, 0.15) is 0 Å². The average Bonchev–Trinajstić information content (AvgIpc) is 2.70. The van der Waals surface area contributed by atoms with Crippen molar-refractivity contribution in [3.05, 3.63) is 0 Å². The zero-order valence-electron chi connectivity index (χ0n) is 12.8. The third-order valence-electron chi connectivity index (χ3n) is 4.21. The second kappa shape index (κ2) is 6.85. The van der Waals surface area contributed by atoms with Gasteiger partial charge in [0.15, 0.2) is 0 Å². The molecule has 1 fully saturated rings. The monoisotopic (exact) mass is 258 g/mol. The zero-order chi connectivity index (χ0) is 13.8. The summed E-state index contributed by atoms with van der Waals surface area (Å²) >= 11 is 0. The van der Waals surface area contributed by atoms with Crippen molar-refractivity contribution in [1.82, 2.24) is 10.2 Å². The summed E-state index contributed by atoms with van der Waals surface area (Å²) in [5.41, 5.74) is 0.247. The molecule has 0 amide bonds. The Balaban J connectivity index is 2.52. The predicted octanol–water partition coefficient (Wildman–Crippen LogP) is 1.36. The lowest BCUT2D eigenvalue weighted by Crippen LogP contribution is -2.46. The lowest BCUT2D eigenvalue weighted by Gasteiger charge is -2.36. The first-order valence-corrected chi connectivity index (χ1v) is 6.96. The van der Waals surface area contributed by atoms with Gasteiger partial charge in [0.05, 0.1) is 12.2 Å². The summed E-state index contributed by atoms with van der Waals surface area (Å²) in [5.74, 6) is 0. The van der Waals surface area contributed by atoms with Gasteiger partial charge in [-0.05, 0) is 18.9 Å². The van der Waals surface area contributed by atoms with Crippen LogP contribution in [0.5, 0.6) is 0 Å².